The molecule has 10 heteroatoms. The van der Waals surface area contributed by atoms with Crippen molar-refractivity contribution in [2.45, 2.75) is 69.2 Å². The topological polar surface area (TPSA) is 105 Å². The minimum atomic E-state index is -0.608. The summed E-state index contributed by atoms with van der Waals surface area (Å²) in [5.41, 5.74) is 1.47. The lowest BCUT2D eigenvalue weighted by Gasteiger charge is -2.47. The quantitative estimate of drug-likeness (QED) is 0.567. The minimum absolute atomic E-state index is 0.0897. The number of fused-ring (bicyclic) bond motifs is 1. The van der Waals surface area contributed by atoms with Crippen LogP contribution < -0.4 is 10.1 Å². The molecule has 188 valence electrons. The Bertz CT molecular complexity index is 1200. The van der Waals surface area contributed by atoms with Gasteiger partial charge in [0.1, 0.15) is 23.7 Å². The van der Waals surface area contributed by atoms with E-state index >= 15 is 0 Å². The predicted octanol–water partition coefficient (Wildman–Crippen LogP) is 2.79. The van der Waals surface area contributed by atoms with Gasteiger partial charge in [-0.2, -0.15) is 0 Å². The SMILES string of the molecule is O=C1CCC(N2Cc3cc(OC4CCCCC4N4CC(c5ncc(Br)cn5)C4)ccc3C2=O)C(=O)N1. The van der Waals surface area contributed by atoms with Crippen LogP contribution in [-0.2, 0) is 16.1 Å². The number of amides is 3. The van der Waals surface area contributed by atoms with Crippen LogP contribution in [0.15, 0.2) is 35.1 Å². The zero-order chi connectivity index (χ0) is 24.8. The van der Waals surface area contributed by atoms with E-state index in [-0.39, 0.29) is 24.3 Å². The Hall–Kier alpha value is -2.85. The van der Waals surface area contributed by atoms with Crippen molar-refractivity contribution in [3.63, 3.8) is 0 Å². The van der Waals surface area contributed by atoms with E-state index < -0.39 is 11.9 Å². The molecule has 4 heterocycles. The molecule has 2 aromatic rings. The van der Waals surface area contributed by atoms with Crippen molar-refractivity contribution in [2.75, 3.05) is 13.1 Å². The number of halogens is 1. The number of carbonyl (C=O) groups is 3. The van der Waals surface area contributed by atoms with Gasteiger partial charge in [0.05, 0.1) is 4.47 Å². The number of rotatable bonds is 5. The predicted molar refractivity (Wildman–Crippen MR) is 133 cm³/mol. The highest BCUT2D eigenvalue weighted by molar-refractivity contribution is 9.10. The van der Waals surface area contributed by atoms with Crippen LogP contribution in [-0.4, -0.2) is 68.8 Å². The third-order valence-corrected chi connectivity index (χ3v) is 8.24. The number of hydrogen-bond donors (Lipinski definition) is 1. The molecule has 0 radical (unpaired) electrons. The molecule has 3 fully saturated rings. The molecule has 0 spiro atoms. The Morgan fingerprint density at radius 1 is 1.03 bits per heavy atom. The second-order valence-corrected chi connectivity index (χ2v) is 11.1. The Labute approximate surface area is 217 Å². The van der Waals surface area contributed by atoms with E-state index in [2.05, 4.69) is 36.1 Å². The number of hydrogen-bond acceptors (Lipinski definition) is 7. The van der Waals surface area contributed by atoms with Crippen LogP contribution in [0.1, 0.15) is 66.2 Å². The van der Waals surface area contributed by atoms with Gasteiger partial charge in [0.2, 0.25) is 11.8 Å². The number of benzene rings is 1. The molecule has 1 saturated carbocycles. The molecule has 1 aromatic heterocycles. The van der Waals surface area contributed by atoms with Crippen LogP contribution in [0.2, 0.25) is 0 Å². The number of nitrogens with zero attached hydrogens (tertiary/aromatic N) is 4. The summed E-state index contributed by atoms with van der Waals surface area (Å²) >= 11 is 3.40. The summed E-state index contributed by atoms with van der Waals surface area (Å²) in [5.74, 6) is 1.17. The Balaban J connectivity index is 1.11. The van der Waals surface area contributed by atoms with E-state index in [1.54, 1.807) is 23.4 Å². The molecule has 6 rings (SSSR count). The summed E-state index contributed by atoms with van der Waals surface area (Å²) in [5, 5.41) is 2.35. The van der Waals surface area contributed by atoms with Gasteiger partial charge in [-0.15, -0.1) is 0 Å². The van der Waals surface area contributed by atoms with Crippen molar-refractivity contribution < 1.29 is 19.1 Å². The highest BCUT2D eigenvalue weighted by Crippen LogP contribution is 2.36. The normalized spacial score (nSPS) is 27.0. The van der Waals surface area contributed by atoms with Gasteiger partial charge >= 0.3 is 0 Å². The van der Waals surface area contributed by atoms with Gasteiger partial charge in [0.25, 0.3) is 5.91 Å². The molecule has 1 aromatic carbocycles. The van der Waals surface area contributed by atoms with Gasteiger partial charge in [0, 0.05) is 56.0 Å². The molecule has 3 unspecified atom stereocenters. The second kappa shape index (κ2) is 9.55. The number of likely N-dealkylation sites (tertiary alicyclic amines) is 1. The molecule has 3 aliphatic heterocycles. The molecule has 3 atom stereocenters. The smallest absolute Gasteiger partial charge is 0.255 e. The average molecular weight is 554 g/mol. The first-order chi connectivity index (χ1) is 17.5. The molecule has 1 N–H and O–H groups in total. The summed E-state index contributed by atoms with van der Waals surface area (Å²) in [6.07, 6.45) is 8.74. The van der Waals surface area contributed by atoms with Crippen LogP contribution in [0.5, 0.6) is 5.75 Å². The van der Waals surface area contributed by atoms with E-state index in [1.807, 2.05) is 12.1 Å². The third-order valence-electron chi connectivity index (χ3n) is 7.83. The van der Waals surface area contributed by atoms with Crippen molar-refractivity contribution in [1.82, 2.24) is 25.1 Å². The first-order valence-corrected chi connectivity index (χ1v) is 13.4. The number of piperidine rings is 1. The standard InChI is InChI=1S/C26H28BrN5O4/c27-17-10-28-24(29-11-17)16-12-31(13-16)20-3-1-2-4-22(20)36-18-5-6-19-15(9-18)14-32(26(19)35)21-7-8-23(33)30-25(21)34/h5-6,9-11,16,20-22H,1-4,7-8,12-14H2,(H,30,33,34). The zero-order valence-corrected chi connectivity index (χ0v) is 21.4. The zero-order valence-electron chi connectivity index (χ0n) is 19.9. The van der Waals surface area contributed by atoms with Crippen LogP contribution in [0.25, 0.3) is 0 Å². The molecule has 9 nitrogen and oxygen atoms in total. The number of carbonyl (C=O) groups excluding carboxylic acids is 3. The lowest BCUT2D eigenvalue weighted by Crippen LogP contribution is -2.57. The number of nitrogens with one attached hydrogen (secondary N) is 1. The van der Waals surface area contributed by atoms with Gasteiger partial charge in [-0.3, -0.25) is 24.6 Å². The van der Waals surface area contributed by atoms with Gasteiger partial charge in [0.15, 0.2) is 0 Å². The first kappa shape index (κ1) is 23.5. The average Bonchev–Trinajstić information content (AvgIpc) is 3.16. The molecule has 36 heavy (non-hydrogen) atoms. The molecule has 3 amide bonds. The third kappa shape index (κ3) is 4.41. The van der Waals surface area contributed by atoms with Crippen LogP contribution in [0.3, 0.4) is 0 Å². The highest BCUT2D eigenvalue weighted by atomic mass is 79.9. The molecular weight excluding hydrogens is 526 g/mol. The largest absolute Gasteiger partial charge is 0.489 e. The maximum Gasteiger partial charge on any atom is 0.255 e. The summed E-state index contributed by atoms with van der Waals surface area (Å²) in [4.78, 5) is 49.8. The fourth-order valence-corrected chi connectivity index (χ4v) is 6.12. The maximum absolute atomic E-state index is 13.0. The van der Waals surface area contributed by atoms with E-state index in [0.29, 0.717) is 30.5 Å². The van der Waals surface area contributed by atoms with Gasteiger partial charge < -0.3 is 9.64 Å². The van der Waals surface area contributed by atoms with Crippen molar-refractivity contribution in [1.29, 1.82) is 0 Å². The lowest BCUT2D eigenvalue weighted by atomic mass is 9.86. The van der Waals surface area contributed by atoms with Crippen molar-refractivity contribution in [2.24, 2.45) is 0 Å². The number of aromatic nitrogens is 2. The maximum atomic E-state index is 13.0. The first-order valence-electron chi connectivity index (χ1n) is 12.6. The number of ether oxygens (including phenoxy) is 1. The summed E-state index contributed by atoms with van der Waals surface area (Å²) in [6.45, 7) is 2.23. The number of imide groups is 1. The Kier molecular flexibility index (Phi) is 6.25. The van der Waals surface area contributed by atoms with Gasteiger partial charge in [-0.05, 0) is 65.4 Å². The Morgan fingerprint density at radius 3 is 2.58 bits per heavy atom. The molecule has 2 saturated heterocycles. The fraction of sp³-hybridized carbons (Fsp3) is 0.500. The van der Waals surface area contributed by atoms with E-state index in [9.17, 15) is 14.4 Å². The Morgan fingerprint density at radius 2 is 1.81 bits per heavy atom. The monoisotopic (exact) mass is 553 g/mol. The summed E-state index contributed by atoms with van der Waals surface area (Å²) in [6, 6.07) is 5.36. The van der Waals surface area contributed by atoms with E-state index in [4.69, 9.17) is 4.74 Å². The van der Waals surface area contributed by atoms with Crippen molar-refractivity contribution >= 4 is 33.7 Å². The summed E-state index contributed by atoms with van der Waals surface area (Å²) < 4.78 is 7.41. The molecule has 4 aliphatic rings. The fourth-order valence-electron chi connectivity index (χ4n) is 5.91. The van der Waals surface area contributed by atoms with Gasteiger partial charge in [-0.25, -0.2) is 9.97 Å². The highest BCUT2D eigenvalue weighted by Gasteiger charge is 2.41. The van der Waals surface area contributed by atoms with E-state index in [1.165, 1.54) is 6.42 Å². The molecule has 0 bridgehead atoms. The van der Waals surface area contributed by atoms with Crippen LogP contribution in [0.4, 0.5) is 0 Å². The van der Waals surface area contributed by atoms with Crippen molar-refractivity contribution in [3.05, 3.63) is 52.0 Å². The molecular formula is C26H28BrN5O4. The van der Waals surface area contributed by atoms with Crippen LogP contribution >= 0.6 is 15.9 Å². The lowest BCUT2D eigenvalue weighted by molar-refractivity contribution is -0.136. The second-order valence-electron chi connectivity index (χ2n) is 10.1. The van der Waals surface area contributed by atoms with Crippen LogP contribution in [0, 0.1) is 0 Å². The summed E-state index contributed by atoms with van der Waals surface area (Å²) in [7, 11) is 0. The van der Waals surface area contributed by atoms with Crippen molar-refractivity contribution in [3.8, 4) is 5.75 Å². The minimum Gasteiger partial charge on any atom is -0.489 e. The molecule has 1 aliphatic carbocycles. The van der Waals surface area contributed by atoms with Gasteiger partial charge in [-0.1, -0.05) is 6.42 Å². The van der Waals surface area contributed by atoms with E-state index in [0.717, 1.165) is 54.0 Å².